The van der Waals surface area contributed by atoms with E-state index in [1.54, 1.807) is 12.1 Å². The average molecular weight is 441 g/mol. The predicted molar refractivity (Wildman–Crippen MR) is 123 cm³/mol. The van der Waals surface area contributed by atoms with Gasteiger partial charge in [0.2, 0.25) is 11.8 Å². The van der Waals surface area contributed by atoms with Crippen molar-refractivity contribution in [2.75, 3.05) is 19.0 Å². The van der Waals surface area contributed by atoms with Gasteiger partial charge < -0.3 is 15.4 Å². The molecular weight excluding hydrogens is 420 g/mol. The van der Waals surface area contributed by atoms with Crippen molar-refractivity contribution in [3.8, 4) is 16.2 Å². The zero-order chi connectivity index (χ0) is 21.5. The lowest BCUT2D eigenvalue weighted by Gasteiger charge is -2.11. The number of ether oxygens (including phenoxy) is 1. The first kappa shape index (κ1) is 21.6. The fourth-order valence-electron chi connectivity index (χ4n) is 2.75. The Hall–Kier alpha value is -3.09. The Morgan fingerprint density at radius 3 is 2.70 bits per heavy atom. The molecule has 0 aliphatic carbocycles. The molecule has 5 nitrogen and oxygen atoms in total. The maximum absolute atomic E-state index is 12.1. The molecule has 0 unspecified atom stereocenters. The highest BCUT2D eigenvalue weighted by atomic mass is 35.5. The number of thiophene rings is 1. The van der Waals surface area contributed by atoms with Crippen molar-refractivity contribution in [1.29, 1.82) is 0 Å². The van der Waals surface area contributed by atoms with Gasteiger partial charge in [0, 0.05) is 26.4 Å². The molecule has 3 aromatic rings. The van der Waals surface area contributed by atoms with Gasteiger partial charge in [-0.3, -0.25) is 9.59 Å². The standard InChI is InChI=1S/C23H21ClN2O3S/c1-15-7-10-20(29-2)19(13-15)26-23(28)14-25-22(27)12-9-16-8-11-21(30-16)17-5-3-4-6-18(17)24/h3-13H,14H2,1-2H3,(H,25,27)(H,26,28)/b12-9+. The maximum Gasteiger partial charge on any atom is 0.244 e. The van der Waals surface area contributed by atoms with Crippen LogP contribution >= 0.6 is 22.9 Å². The molecule has 0 bridgehead atoms. The highest BCUT2D eigenvalue weighted by molar-refractivity contribution is 7.16. The predicted octanol–water partition coefficient (Wildman–Crippen LogP) is 5.15. The van der Waals surface area contributed by atoms with Crippen molar-refractivity contribution in [2.24, 2.45) is 0 Å². The summed E-state index contributed by atoms with van der Waals surface area (Å²) in [4.78, 5) is 26.1. The zero-order valence-corrected chi connectivity index (χ0v) is 18.1. The van der Waals surface area contributed by atoms with E-state index in [2.05, 4.69) is 10.6 Å². The first-order chi connectivity index (χ1) is 14.5. The largest absolute Gasteiger partial charge is 0.495 e. The first-order valence-electron chi connectivity index (χ1n) is 9.21. The van der Waals surface area contributed by atoms with E-state index in [0.29, 0.717) is 16.5 Å². The number of carbonyl (C=O) groups excluding carboxylic acids is 2. The van der Waals surface area contributed by atoms with Crippen molar-refractivity contribution in [2.45, 2.75) is 6.92 Å². The summed E-state index contributed by atoms with van der Waals surface area (Å²) >= 11 is 7.76. The van der Waals surface area contributed by atoms with Crippen molar-refractivity contribution in [3.63, 3.8) is 0 Å². The molecule has 30 heavy (non-hydrogen) atoms. The molecule has 2 aromatic carbocycles. The van der Waals surface area contributed by atoms with Crippen LogP contribution in [0.15, 0.2) is 60.7 Å². The van der Waals surface area contributed by atoms with Crippen LogP contribution in [0.25, 0.3) is 16.5 Å². The van der Waals surface area contributed by atoms with Crippen LogP contribution in [-0.2, 0) is 9.59 Å². The average Bonchev–Trinajstić information content (AvgIpc) is 3.20. The third-order valence-electron chi connectivity index (χ3n) is 4.22. The van der Waals surface area contributed by atoms with Gasteiger partial charge in [-0.15, -0.1) is 11.3 Å². The van der Waals surface area contributed by atoms with Crippen molar-refractivity contribution < 1.29 is 14.3 Å². The van der Waals surface area contributed by atoms with E-state index in [-0.39, 0.29) is 18.4 Å². The van der Waals surface area contributed by atoms with E-state index >= 15 is 0 Å². The molecule has 7 heteroatoms. The minimum Gasteiger partial charge on any atom is -0.495 e. The molecule has 0 radical (unpaired) electrons. The summed E-state index contributed by atoms with van der Waals surface area (Å²) in [5, 5.41) is 6.01. The second-order valence-electron chi connectivity index (χ2n) is 6.48. The Kier molecular flexibility index (Phi) is 7.27. The molecular formula is C23H21ClN2O3S. The second kappa shape index (κ2) is 10.1. The number of amides is 2. The van der Waals surface area contributed by atoms with Crippen LogP contribution in [0, 0.1) is 6.92 Å². The van der Waals surface area contributed by atoms with Gasteiger partial charge >= 0.3 is 0 Å². The van der Waals surface area contributed by atoms with Crippen molar-refractivity contribution in [1.82, 2.24) is 5.32 Å². The summed E-state index contributed by atoms with van der Waals surface area (Å²) in [6.45, 7) is 1.78. The van der Waals surface area contributed by atoms with Crippen LogP contribution < -0.4 is 15.4 Å². The number of hydrogen-bond acceptors (Lipinski definition) is 4. The fraction of sp³-hybridized carbons (Fsp3) is 0.130. The van der Waals surface area contributed by atoms with E-state index < -0.39 is 0 Å². The molecule has 0 fully saturated rings. The van der Waals surface area contributed by atoms with Crippen LogP contribution in [0.4, 0.5) is 5.69 Å². The van der Waals surface area contributed by atoms with Gasteiger partial charge in [-0.25, -0.2) is 0 Å². The van der Waals surface area contributed by atoms with E-state index in [1.165, 1.54) is 24.5 Å². The summed E-state index contributed by atoms with van der Waals surface area (Å²) in [6, 6.07) is 17.0. The molecule has 2 amide bonds. The monoisotopic (exact) mass is 440 g/mol. The molecule has 154 valence electrons. The highest BCUT2D eigenvalue weighted by Crippen LogP contribution is 2.33. The lowest BCUT2D eigenvalue weighted by Crippen LogP contribution is -2.31. The summed E-state index contributed by atoms with van der Waals surface area (Å²) < 4.78 is 5.24. The number of aryl methyl sites for hydroxylation is 1. The van der Waals surface area contributed by atoms with Crippen molar-refractivity contribution in [3.05, 3.63) is 76.1 Å². The maximum atomic E-state index is 12.1. The molecule has 0 saturated carbocycles. The zero-order valence-electron chi connectivity index (χ0n) is 16.6. The fourth-order valence-corrected chi connectivity index (χ4v) is 3.99. The molecule has 0 aliphatic heterocycles. The summed E-state index contributed by atoms with van der Waals surface area (Å²) in [5.74, 6) is -0.126. The molecule has 0 spiro atoms. The van der Waals surface area contributed by atoms with E-state index in [9.17, 15) is 9.59 Å². The topological polar surface area (TPSA) is 67.4 Å². The Morgan fingerprint density at radius 2 is 1.93 bits per heavy atom. The molecule has 2 N–H and O–H groups in total. The van der Waals surface area contributed by atoms with Gasteiger partial charge in [-0.05, 0) is 48.9 Å². The van der Waals surface area contributed by atoms with Gasteiger partial charge in [0.1, 0.15) is 5.75 Å². The number of halogens is 1. The molecule has 0 atom stereocenters. The van der Waals surface area contributed by atoms with Crippen LogP contribution in [0.1, 0.15) is 10.4 Å². The number of nitrogens with one attached hydrogen (secondary N) is 2. The number of benzene rings is 2. The Bertz CT molecular complexity index is 1090. The van der Waals surface area contributed by atoms with E-state index in [4.69, 9.17) is 16.3 Å². The van der Waals surface area contributed by atoms with Crippen LogP contribution in [0.5, 0.6) is 5.75 Å². The molecule has 3 rings (SSSR count). The third-order valence-corrected chi connectivity index (χ3v) is 5.63. The van der Waals surface area contributed by atoms with Crippen LogP contribution in [-0.4, -0.2) is 25.5 Å². The van der Waals surface area contributed by atoms with Gasteiger partial charge in [-0.2, -0.15) is 0 Å². The Balaban J connectivity index is 1.54. The molecule has 1 aromatic heterocycles. The lowest BCUT2D eigenvalue weighted by atomic mass is 10.2. The number of carbonyl (C=O) groups is 2. The van der Waals surface area contributed by atoms with Gasteiger partial charge in [0.05, 0.1) is 19.3 Å². The molecule has 0 aliphatic rings. The normalized spacial score (nSPS) is 10.8. The van der Waals surface area contributed by atoms with E-state index in [1.807, 2.05) is 55.5 Å². The summed E-state index contributed by atoms with van der Waals surface area (Å²) in [6.07, 6.45) is 3.12. The molecule has 1 heterocycles. The number of rotatable bonds is 7. The molecule has 0 saturated heterocycles. The van der Waals surface area contributed by atoms with Crippen molar-refractivity contribution >= 4 is 46.5 Å². The van der Waals surface area contributed by atoms with Crippen LogP contribution in [0.2, 0.25) is 5.02 Å². The Labute approximate surface area is 184 Å². The first-order valence-corrected chi connectivity index (χ1v) is 10.4. The van der Waals surface area contributed by atoms with E-state index in [0.717, 1.165) is 20.9 Å². The number of methoxy groups -OCH3 is 1. The highest BCUT2D eigenvalue weighted by Gasteiger charge is 2.09. The lowest BCUT2D eigenvalue weighted by molar-refractivity contribution is -0.121. The smallest absolute Gasteiger partial charge is 0.244 e. The number of anilines is 1. The third kappa shape index (κ3) is 5.72. The second-order valence-corrected chi connectivity index (χ2v) is 8.01. The van der Waals surface area contributed by atoms with Gasteiger partial charge in [0.25, 0.3) is 0 Å². The van der Waals surface area contributed by atoms with Gasteiger partial charge in [0.15, 0.2) is 0 Å². The summed E-state index contributed by atoms with van der Waals surface area (Å²) in [7, 11) is 1.54. The minimum atomic E-state index is -0.353. The SMILES string of the molecule is COc1ccc(C)cc1NC(=O)CNC(=O)/C=C/c1ccc(-c2ccccc2Cl)s1. The minimum absolute atomic E-state index is 0.143. The number of hydrogen-bond donors (Lipinski definition) is 2. The van der Waals surface area contributed by atoms with Gasteiger partial charge in [-0.1, -0.05) is 35.9 Å². The summed E-state index contributed by atoms with van der Waals surface area (Å²) in [5.41, 5.74) is 2.51. The Morgan fingerprint density at radius 1 is 1.13 bits per heavy atom. The quantitative estimate of drug-likeness (QED) is 0.499. The van der Waals surface area contributed by atoms with Crippen LogP contribution in [0.3, 0.4) is 0 Å².